The number of nitrogens with two attached hydrogens (primary N) is 1. The van der Waals surface area contributed by atoms with Crippen LogP contribution in [0.4, 0.5) is 0 Å². The molecule has 3 N–H and O–H groups in total. The Morgan fingerprint density at radius 3 is 2.77 bits per heavy atom. The summed E-state index contributed by atoms with van der Waals surface area (Å²) < 4.78 is 7.21. The highest BCUT2D eigenvalue weighted by atomic mass is 32.2. The summed E-state index contributed by atoms with van der Waals surface area (Å²) in [6, 6.07) is 1.69. The van der Waals surface area contributed by atoms with Gasteiger partial charge in [-0.25, -0.2) is 0 Å². The van der Waals surface area contributed by atoms with Crippen molar-refractivity contribution in [1.29, 1.82) is 0 Å². The molecular weight excluding hydrogens is 304 g/mol. The number of carbonyl (C=O) groups excluding carboxylic acids is 2. The summed E-state index contributed by atoms with van der Waals surface area (Å²) in [7, 11) is 1.64. The standard InChI is InChI=1S/C14H22N4O3S/c1-14(2,21-3)9-18-6-5-10(8-18)12(20)16-7-11(19)17-13(15)22-4/h5-6,8H,7,9H2,1-4H3,(H,16,20)(H2,15,17,19). The highest BCUT2D eigenvalue weighted by Crippen LogP contribution is 2.12. The van der Waals surface area contributed by atoms with Crippen LogP contribution in [0.2, 0.25) is 0 Å². The molecule has 0 radical (unpaired) electrons. The zero-order chi connectivity index (χ0) is 16.8. The number of thioether (sulfide) groups is 1. The van der Waals surface area contributed by atoms with Gasteiger partial charge in [-0.1, -0.05) is 11.8 Å². The van der Waals surface area contributed by atoms with Gasteiger partial charge in [0.25, 0.3) is 11.8 Å². The number of ether oxygens (including phenoxy) is 1. The van der Waals surface area contributed by atoms with Gasteiger partial charge in [-0.3, -0.25) is 9.59 Å². The van der Waals surface area contributed by atoms with Gasteiger partial charge in [0.2, 0.25) is 0 Å². The zero-order valence-corrected chi connectivity index (χ0v) is 14.1. The maximum Gasteiger partial charge on any atom is 0.267 e. The third-order valence-electron chi connectivity index (χ3n) is 2.97. The molecule has 0 bridgehead atoms. The number of aromatic nitrogens is 1. The van der Waals surface area contributed by atoms with E-state index in [4.69, 9.17) is 10.5 Å². The Morgan fingerprint density at radius 2 is 2.18 bits per heavy atom. The minimum Gasteiger partial charge on any atom is -0.378 e. The van der Waals surface area contributed by atoms with Crippen molar-refractivity contribution in [2.45, 2.75) is 26.0 Å². The maximum absolute atomic E-state index is 12.0. The average molecular weight is 326 g/mol. The molecule has 122 valence electrons. The third-order valence-corrected chi connectivity index (χ3v) is 3.48. The lowest BCUT2D eigenvalue weighted by molar-refractivity contribution is -0.116. The van der Waals surface area contributed by atoms with Gasteiger partial charge in [0.15, 0.2) is 5.17 Å². The molecule has 0 unspecified atom stereocenters. The van der Waals surface area contributed by atoms with Crippen molar-refractivity contribution >= 4 is 28.7 Å². The first-order chi connectivity index (χ1) is 10.3. The van der Waals surface area contributed by atoms with Crippen molar-refractivity contribution < 1.29 is 14.3 Å². The number of nitrogens with one attached hydrogen (secondary N) is 1. The van der Waals surface area contributed by atoms with Crippen LogP contribution in [0.15, 0.2) is 23.5 Å². The van der Waals surface area contributed by atoms with Crippen LogP contribution < -0.4 is 11.1 Å². The number of rotatable bonds is 6. The molecule has 1 rings (SSSR count). The molecule has 0 fully saturated rings. The van der Waals surface area contributed by atoms with Crippen molar-refractivity contribution in [2.75, 3.05) is 19.9 Å². The summed E-state index contributed by atoms with van der Waals surface area (Å²) in [5.74, 6) is -0.819. The average Bonchev–Trinajstić information content (AvgIpc) is 2.92. The SMILES string of the molecule is COC(C)(C)Cn1ccc(C(=O)NCC(=O)N=C(N)SC)c1. The van der Waals surface area contributed by atoms with E-state index in [1.54, 1.807) is 31.8 Å². The molecular formula is C14H22N4O3S. The second-order valence-corrected chi connectivity index (χ2v) is 6.09. The highest BCUT2D eigenvalue weighted by Gasteiger charge is 2.18. The Hall–Kier alpha value is -1.80. The van der Waals surface area contributed by atoms with Crippen molar-refractivity contribution in [1.82, 2.24) is 9.88 Å². The molecule has 1 aromatic rings. The first kappa shape index (κ1) is 18.2. The van der Waals surface area contributed by atoms with Gasteiger partial charge in [-0.2, -0.15) is 4.99 Å². The number of aliphatic imine (C=N–C) groups is 1. The maximum atomic E-state index is 12.0. The lowest BCUT2D eigenvalue weighted by Gasteiger charge is -2.23. The summed E-state index contributed by atoms with van der Waals surface area (Å²) in [6.07, 6.45) is 5.22. The Kier molecular flexibility index (Phi) is 6.63. The summed E-state index contributed by atoms with van der Waals surface area (Å²) in [4.78, 5) is 27.0. The molecule has 0 saturated carbocycles. The molecule has 0 spiro atoms. The molecule has 0 aliphatic carbocycles. The van der Waals surface area contributed by atoms with E-state index in [0.29, 0.717) is 12.1 Å². The van der Waals surface area contributed by atoms with E-state index in [1.807, 2.05) is 18.4 Å². The predicted molar refractivity (Wildman–Crippen MR) is 88.0 cm³/mol. The fraction of sp³-hybridized carbons (Fsp3) is 0.500. The molecule has 8 heteroatoms. The molecule has 1 aromatic heterocycles. The minimum absolute atomic E-state index is 0.173. The summed E-state index contributed by atoms with van der Waals surface area (Å²) >= 11 is 1.17. The van der Waals surface area contributed by atoms with Crippen molar-refractivity contribution in [3.8, 4) is 0 Å². The lowest BCUT2D eigenvalue weighted by Crippen LogP contribution is -2.30. The Labute approximate surface area is 134 Å². The van der Waals surface area contributed by atoms with E-state index >= 15 is 0 Å². The van der Waals surface area contributed by atoms with Crippen LogP contribution >= 0.6 is 11.8 Å². The van der Waals surface area contributed by atoms with Gasteiger partial charge in [0.05, 0.1) is 24.3 Å². The minimum atomic E-state index is -0.486. The summed E-state index contributed by atoms with van der Waals surface area (Å²) in [6.45, 7) is 4.35. The topological polar surface area (TPSA) is 98.7 Å². The normalized spacial score (nSPS) is 12.3. The second-order valence-electron chi connectivity index (χ2n) is 5.27. The Bertz CT molecular complexity index is 566. The van der Waals surface area contributed by atoms with E-state index in [1.165, 1.54) is 11.8 Å². The molecule has 22 heavy (non-hydrogen) atoms. The quantitative estimate of drug-likeness (QED) is 0.596. The van der Waals surface area contributed by atoms with Crippen molar-refractivity contribution in [3.63, 3.8) is 0 Å². The molecule has 7 nitrogen and oxygen atoms in total. The van der Waals surface area contributed by atoms with Gasteiger partial charge in [0.1, 0.15) is 0 Å². The van der Waals surface area contributed by atoms with E-state index < -0.39 is 5.91 Å². The van der Waals surface area contributed by atoms with E-state index in [-0.39, 0.29) is 23.2 Å². The lowest BCUT2D eigenvalue weighted by atomic mass is 10.1. The molecule has 0 saturated heterocycles. The van der Waals surface area contributed by atoms with Gasteiger partial charge in [0, 0.05) is 19.5 Å². The van der Waals surface area contributed by atoms with Crippen LogP contribution in [-0.2, 0) is 16.1 Å². The monoisotopic (exact) mass is 326 g/mol. The smallest absolute Gasteiger partial charge is 0.267 e. The number of carbonyl (C=O) groups is 2. The molecule has 1 heterocycles. The number of hydrogen-bond donors (Lipinski definition) is 2. The first-order valence-electron chi connectivity index (χ1n) is 6.67. The highest BCUT2D eigenvalue weighted by molar-refractivity contribution is 8.13. The van der Waals surface area contributed by atoms with E-state index in [2.05, 4.69) is 10.3 Å². The summed E-state index contributed by atoms with van der Waals surface area (Å²) in [5, 5.41) is 2.69. The van der Waals surface area contributed by atoms with Gasteiger partial charge < -0.3 is 20.4 Å². The van der Waals surface area contributed by atoms with E-state index in [9.17, 15) is 9.59 Å². The Balaban J connectivity index is 2.57. The van der Waals surface area contributed by atoms with Gasteiger partial charge in [-0.05, 0) is 26.2 Å². The number of methoxy groups -OCH3 is 1. The van der Waals surface area contributed by atoms with Crippen LogP contribution in [0.25, 0.3) is 0 Å². The number of nitrogens with zero attached hydrogens (tertiary/aromatic N) is 2. The number of hydrogen-bond acceptors (Lipinski definition) is 4. The van der Waals surface area contributed by atoms with Gasteiger partial charge >= 0.3 is 0 Å². The molecule has 0 aliphatic heterocycles. The van der Waals surface area contributed by atoms with Crippen LogP contribution in [-0.4, -0.2) is 47.1 Å². The van der Waals surface area contributed by atoms with Crippen LogP contribution in [0, 0.1) is 0 Å². The van der Waals surface area contributed by atoms with Crippen LogP contribution in [0.1, 0.15) is 24.2 Å². The first-order valence-corrected chi connectivity index (χ1v) is 7.90. The van der Waals surface area contributed by atoms with Crippen LogP contribution in [0.3, 0.4) is 0 Å². The predicted octanol–water partition coefficient (Wildman–Crippen LogP) is 0.847. The number of amidine groups is 1. The fourth-order valence-corrected chi connectivity index (χ4v) is 1.84. The largest absolute Gasteiger partial charge is 0.378 e. The van der Waals surface area contributed by atoms with Crippen LogP contribution in [0.5, 0.6) is 0 Å². The van der Waals surface area contributed by atoms with Crippen molar-refractivity contribution in [3.05, 3.63) is 24.0 Å². The number of amides is 2. The molecule has 0 atom stereocenters. The van der Waals surface area contributed by atoms with E-state index in [0.717, 1.165) is 0 Å². The van der Waals surface area contributed by atoms with Crippen molar-refractivity contribution in [2.24, 2.45) is 10.7 Å². The zero-order valence-electron chi connectivity index (χ0n) is 13.3. The molecule has 0 aliphatic rings. The second kappa shape index (κ2) is 8.00. The molecule has 2 amide bonds. The third kappa shape index (κ3) is 5.90. The molecule has 0 aromatic carbocycles. The fourth-order valence-electron chi connectivity index (χ4n) is 1.64. The summed E-state index contributed by atoms with van der Waals surface area (Å²) in [5.41, 5.74) is 5.58. The van der Waals surface area contributed by atoms with Gasteiger partial charge in [-0.15, -0.1) is 0 Å². The Morgan fingerprint density at radius 1 is 1.50 bits per heavy atom.